The smallest absolute Gasteiger partial charge is 0.343 e. The molecule has 0 bridgehead atoms. The Bertz CT molecular complexity index is 1120. The number of pyridine rings is 1. The zero-order valence-corrected chi connectivity index (χ0v) is 21.5. The van der Waals surface area contributed by atoms with E-state index in [-0.39, 0.29) is 5.97 Å². The quantitative estimate of drug-likeness (QED) is 0.0968. The molecule has 6 nitrogen and oxygen atoms in total. The molecule has 0 aliphatic heterocycles. The maximum absolute atomic E-state index is 12.5. The summed E-state index contributed by atoms with van der Waals surface area (Å²) in [4.78, 5) is 28.1. The van der Waals surface area contributed by atoms with E-state index in [1.807, 2.05) is 24.4 Å². The van der Waals surface area contributed by atoms with Crippen LogP contribution in [0.2, 0.25) is 0 Å². The van der Waals surface area contributed by atoms with Crippen LogP contribution in [0.15, 0.2) is 79.5 Å². The van der Waals surface area contributed by atoms with Gasteiger partial charge in [0.05, 0.1) is 24.5 Å². The molecule has 0 unspecified atom stereocenters. The average Bonchev–Trinajstić information content (AvgIpc) is 2.94. The minimum atomic E-state index is -0.421. The predicted molar refractivity (Wildman–Crippen MR) is 145 cm³/mol. The first-order chi connectivity index (χ1) is 18.1. The number of rotatable bonds is 15. The van der Waals surface area contributed by atoms with Gasteiger partial charge in [-0.1, -0.05) is 26.0 Å². The van der Waals surface area contributed by atoms with E-state index in [0.717, 1.165) is 49.8 Å². The van der Waals surface area contributed by atoms with Crippen molar-refractivity contribution in [2.24, 2.45) is 0 Å². The summed E-state index contributed by atoms with van der Waals surface area (Å²) < 4.78 is 16.2. The Labute approximate surface area is 219 Å². The van der Waals surface area contributed by atoms with Gasteiger partial charge in [-0.2, -0.15) is 0 Å². The highest BCUT2D eigenvalue weighted by atomic mass is 16.5. The maximum atomic E-state index is 12.5. The molecule has 6 heteroatoms. The van der Waals surface area contributed by atoms with Crippen molar-refractivity contribution in [3.8, 4) is 22.8 Å². The van der Waals surface area contributed by atoms with Crippen LogP contribution in [0.1, 0.15) is 61.4 Å². The van der Waals surface area contributed by atoms with E-state index >= 15 is 0 Å². The Kier molecular flexibility index (Phi) is 11.4. The van der Waals surface area contributed by atoms with Gasteiger partial charge in [-0.15, -0.1) is 0 Å². The fraction of sp³-hybridized carbons (Fsp3) is 0.323. The van der Waals surface area contributed by atoms with E-state index in [1.54, 1.807) is 36.4 Å². The number of hydrogen-bond acceptors (Lipinski definition) is 6. The molecule has 0 spiro atoms. The molecule has 0 atom stereocenters. The summed E-state index contributed by atoms with van der Waals surface area (Å²) in [6.07, 6.45) is 10.1. The highest BCUT2D eigenvalue weighted by Gasteiger charge is 2.10. The highest BCUT2D eigenvalue weighted by Crippen LogP contribution is 2.22. The van der Waals surface area contributed by atoms with Crippen molar-refractivity contribution in [3.05, 3.63) is 90.6 Å². The van der Waals surface area contributed by atoms with Crippen LogP contribution in [0.3, 0.4) is 0 Å². The van der Waals surface area contributed by atoms with Gasteiger partial charge in [-0.05, 0) is 98.7 Å². The van der Waals surface area contributed by atoms with Crippen LogP contribution in [-0.2, 0) is 16.0 Å². The second-order valence-corrected chi connectivity index (χ2v) is 8.73. The molecule has 0 amide bonds. The number of carbonyl (C=O) groups excluding carboxylic acids is 2. The minimum absolute atomic E-state index is 0.384. The van der Waals surface area contributed by atoms with Gasteiger partial charge >= 0.3 is 11.9 Å². The third-order valence-electron chi connectivity index (χ3n) is 5.81. The molecule has 0 N–H and O–H groups in total. The lowest BCUT2D eigenvalue weighted by molar-refractivity contribution is -0.137. The number of benzene rings is 2. The summed E-state index contributed by atoms with van der Waals surface area (Å²) in [5.74, 6) is 0.377. The number of ether oxygens (including phenoxy) is 3. The first-order valence-electron chi connectivity index (χ1n) is 12.9. The van der Waals surface area contributed by atoms with E-state index in [1.165, 1.54) is 18.1 Å². The van der Waals surface area contributed by atoms with Gasteiger partial charge in [-0.25, -0.2) is 9.59 Å². The number of carbonyl (C=O) groups is 2. The molecule has 0 radical (unpaired) electrons. The highest BCUT2D eigenvalue weighted by molar-refractivity contribution is 5.91. The monoisotopic (exact) mass is 501 g/mol. The van der Waals surface area contributed by atoms with Crippen molar-refractivity contribution in [1.29, 1.82) is 0 Å². The molecule has 0 fully saturated rings. The molecule has 1 aromatic heterocycles. The van der Waals surface area contributed by atoms with Gasteiger partial charge in [-0.3, -0.25) is 4.98 Å². The minimum Gasteiger partial charge on any atom is -0.494 e. The Hall–Kier alpha value is -3.93. The third kappa shape index (κ3) is 9.56. The average molecular weight is 502 g/mol. The number of esters is 2. The van der Waals surface area contributed by atoms with E-state index in [4.69, 9.17) is 14.2 Å². The van der Waals surface area contributed by atoms with Crippen LogP contribution in [0.25, 0.3) is 11.3 Å². The number of aromatic nitrogens is 1. The first-order valence-corrected chi connectivity index (χ1v) is 12.9. The summed E-state index contributed by atoms with van der Waals surface area (Å²) in [6.45, 7) is 6.54. The molecule has 3 aromatic rings. The zero-order chi connectivity index (χ0) is 26.3. The Morgan fingerprint density at radius 3 is 2.19 bits per heavy atom. The summed E-state index contributed by atoms with van der Waals surface area (Å²) in [7, 11) is 0. The Morgan fingerprint density at radius 1 is 0.838 bits per heavy atom. The van der Waals surface area contributed by atoms with Gasteiger partial charge in [0.2, 0.25) is 0 Å². The van der Waals surface area contributed by atoms with E-state index in [2.05, 4.69) is 24.6 Å². The van der Waals surface area contributed by atoms with E-state index < -0.39 is 5.97 Å². The van der Waals surface area contributed by atoms with Gasteiger partial charge < -0.3 is 14.2 Å². The Balaban J connectivity index is 1.39. The predicted octanol–water partition coefficient (Wildman–Crippen LogP) is 6.98. The third-order valence-corrected chi connectivity index (χ3v) is 5.81. The first kappa shape index (κ1) is 27.7. The molecule has 37 heavy (non-hydrogen) atoms. The van der Waals surface area contributed by atoms with Gasteiger partial charge in [0.15, 0.2) is 0 Å². The second kappa shape index (κ2) is 15.2. The van der Waals surface area contributed by atoms with Crippen molar-refractivity contribution in [1.82, 2.24) is 4.98 Å². The van der Waals surface area contributed by atoms with E-state index in [9.17, 15) is 9.59 Å². The SMILES string of the molecule is C=CC(=O)OCCCCCCOc1ccc(C(=O)Oc2ccc(-c3ccc(CCCC)cn3)cc2)cc1. The Morgan fingerprint density at radius 2 is 1.54 bits per heavy atom. The van der Waals surface area contributed by atoms with Crippen LogP contribution in [0, 0.1) is 0 Å². The number of hydrogen-bond donors (Lipinski definition) is 0. The van der Waals surface area contributed by atoms with E-state index in [0.29, 0.717) is 30.3 Å². The lowest BCUT2D eigenvalue weighted by Gasteiger charge is -2.08. The van der Waals surface area contributed by atoms with Gasteiger partial charge in [0.1, 0.15) is 11.5 Å². The van der Waals surface area contributed by atoms with Crippen LogP contribution >= 0.6 is 0 Å². The zero-order valence-electron chi connectivity index (χ0n) is 21.5. The molecular formula is C31H35NO5. The lowest BCUT2D eigenvalue weighted by atomic mass is 10.1. The normalized spacial score (nSPS) is 10.5. The molecule has 1 heterocycles. The fourth-order valence-electron chi connectivity index (χ4n) is 3.65. The van der Waals surface area contributed by atoms with Crippen molar-refractivity contribution in [3.63, 3.8) is 0 Å². The number of aryl methyl sites for hydroxylation is 1. The summed E-state index contributed by atoms with van der Waals surface area (Å²) >= 11 is 0. The molecule has 0 aliphatic carbocycles. The van der Waals surface area contributed by atoms with Crippen molar-refractivity contribution >= 4 is 11.9 Å². The van der Waals surface area contributed by atoms with Crippen LogP contribution < -0.4 is 9.47 Å². The topological polar surface area (TPSA) is 74.7 Å². The maximum Gasteiger partial charge on any atom is 0.343 e. The summed E-state index contributed by atoms with van der Waals surface area (Å²) in [5, 5.41) is 0. The van der Waals surface area contributed by atoms with Crippen molar-refractivity contribution in [2.45, 2.75) is 51.9 Å². The summed E-state index contributed by atoms with van der Waals surface area (Å²) in [6, 6.07) is 18.4. The molecule has 3 rings (SSSR count). The largest absolute Gasteiger partial charge is 0.494 e. The van der Waals surface area contributed by atoms with Crippen molar-refractivity contribution < 1.29 is 23.8 Å². The van der Waals surface area contributed by atoms with Crippen LogP contribution in [0.5, 0.6) is 11.5 Å². The van der Waals surface area contributed by atoms with Crippen molar-refractivity contribution in [2.75, 3.05) is 13.2 Å². The standard InChI is InChI=1S/C31H35NO5/c1-3-5-10-24-11-20-29(32-23-24)25-12-18-28(19-13-25)37-31(34)26-14-16-27(17-15-26)35-21-8-6-7-9-22-36-30(33)4-2/h4,11-20,23H,2-3,5-10,21-22H2,1H3. The fourth-order valence-corrected chi connectivity index (χ4v) is 3.65. The number of nitrogens with zero attached hydrogens (tertiary/aromatic N) is 1. The molecular weight excluding hydrogens is 466 g/mol. The molecule has 2 aromatic carbocycles. The lowest BCUT2D eigenvalue weighted by Crippen LogP contribution is -2.08. The van der Waals surface area contributed by atoms with Crippen LogP contribution in [0.4, 0.5) is 0 Å². The molecule has 194 valence electrons. The molecule has 0 aliphatic rings. The van der Waals surface area contributed by atoms with Gasteiger partial charge in [0.25, 0.3) is 0 Å². The summed E-state index contributed by atoms with van der Waals surface area (Å²) in [5.41, 5.74) is 3.56. The number of unbranched alkanes of at least 4 members (excludes halogenated alkanes) is 4. The molecule has 0 saturated heterocycles. The van der Waals surface area contributed by atoms with Crippen LogP contribution in [-0.4, -0.2) is 30.1 Å². The van der Waals surface area contributed by atoms with Gasteiger partial charge in [0, 0.05) is 17.8 Å². The second-order valence-electron chi connectivity index (χ2n) is 8.73. The molecule has 0 saturated carbocycles.